The van der Waals surface area contributed by atoms with Crippen LogP contribution in [0.15, 0.2) is 34.0 Å². The number of nitriles is 1. The van der Waals surface area contributed by atoms with E-state index in [0.29, 0.717) is 21.1 Å². The summed E-state index contributed by atoms with van der Waals surface area (Å²) in [6, 6.07) is 7.32. The lowest BCUT2D eigenvalue weighted by Gasteiger charge is -2.01. The Labute approximate surface area is 174 Å². The van der Waals surface area contributed by atoms with Gasteiger partial charge in [-0.2, -0.15) is 5.26 Å². The molecular formula is C18H15N5O4S2. The summed E-state index contributed by atoms with van der Waals surface area (Å²) in [5, 5.41) is 20.3. The van der Waals surface area contributed by atoms with Gasteiger partial charge in [0.05, 0.1) is 17.9 Å². The third-order valence-corrected chi connectivity index (χ3v) is 5.60. The number of hydrogen-bond acceptors (Lipinski definition) is 10. The first-order valence-corrected chi connectivity index (χ1v) is 10.2. The number of rotatable bonds is 7. The SMILES string of the molecule is CCOC(=O)c1sc(NC(=O)CSc2nnc(-c3ccccn3)o2)c(C#N)c1C. The standard InChI is InChI=1S/C18H15N5O4S2/c1-3-26-17(25)14-10(2)11(8-19)16(29-14)21-13(24)9-28-18-23-22-15(27-18)12-6-4-5-7-20-12/h4-7H,3,9H2,1-2H3,(H,21,24). The van der Waals surface area contributed by atoms with E-state index in [0.717, 1.165) is 23.1 Å². The van der Waals surface area contributed by atoms with Crippen LogP contribution in [0.3, 0.4) is 0 Å². The highest BCUT2D eigenvalue weighted by Crippen LogP contribution is 2.33. The Morgan fingerprint density at radius 2 is 2.21 bits per heavy atom. The summed E-state index contributed by atoms with van der Waals surface area (Å²) in [6.07, 6.45) is 1.61. The van der Waals surface area contributed by atoms with Crippen molar-refractivity contribution >= 4 is 40.0 Å². The van der Waals surface area contributed by atoms with Crippen molar-refractivity contribution in [1.82, 2.24) is 15.2 Å². The van der Waals surface area contributed by atoms with Gasteiger partial charge in [-0.05, 0) is 31.5 Å². The van der Waals surface area contributed by atoms with E-state index in [1.165, 1.54) is 0 Å². The third kappa shape index (κ3) is 4.79. The zero-order valence-corrected chi connectivity index (χ0v) is 17.1. The average molecular weight is 429 g/mol. The number of thiophene rings is 1. The lowest BCUT2D eigenvalue weighted by Crippen LogP contribution is -2.13. The highest BCUT2D eigenvalue weighted by atomic mass is 32.2. The van der Waals surface area contributed by atoms with Crippen LogP contribution in [0.2, 0.25) is 0 Å². The van der Waals surface area contributed by atoms with Crippen molar-refractivity contribution in [2.45, 2.75) is 19.1 Å². The fourth-order valence-electron chi connectivity index (χ4n) is 2.28. The zero-order chi connectivity index (χ0) is 20.8. The minimum Gasteiger partial charge on any atom is -0.462 e. The van der Waals surface area contributed by atoms with E-state index < -0.39 is 5.97 Å². The van der Waals surface area contributed by atoms with E-state index in [-0.39, 0.29) is 34.9 Å². The molecule has 0 aromatic carbocycles. The van der Waals surface area contributed by atoms with Crippen molar-refractivity contribution in [2.75, 3.05) is 17.7 Å². The Kier molecular flexibility index (Phi) is 6.58. The van der Waals surface area contributed by atoms with Crippen LogP contribution in [0.5, 0.6) is 0 Å². The summed E-state index contributed by atoms with van der Waals surface area (Å²) in [4.78, 5) is 28.7. The molecule has 3 aromatic rings. The van der Waals surface area contributed by atoms with Gasteiger partial charge in [-0.1, -0.05) is 17.8 Å². The highest BCUT2D eigenvalue weighted by Gasteiger charge is 2.22. The molecule has 0 atom stereocenters. The molecule has 1 amide bonds. The first-order chi connectivity index (χ1) is 14.0. The van der Waals surface area contributed by atoms with Crippen LogP contribution >= 0.6 is 23.1 Å². The van der Waals surface area contributed by atoms with E-state index in [9.17, 15) is 14.9 Å². The van der Waals surface area contributed by atoms with Gasteiger partial charge in [0.15, 0.2) is 0 Å². The maximum atomic E-state index is 12.3. The molecule has 0 fully saturated rings. The molecule has 1 N–H and O–H groups in total. The van der Waals surface area contributed by atoms with Crippen molar-refractivity contribution in [3.63, 3.8) is 0 Å². The van der Waals surface area contributed by atoms with Crippen molar-refractivity contribution in [3.05, 3.63) is 40.4 Å². The highest BCUT2D eigenvalue weighted by molar-refractivity contribution is 7.99. The van der Waals surface area contributed by atoms with Gasteiger partial charge in [0, 0.05) is 6.20 Å². The number of thioether (sulfide) groups is 1. The minimum absolute atomic E-state index is 0.0135. The minimum atomic E-state index is -0.519. The fraction of sp³-hybridized carbons (Fsp3) is 0.222. The van der Waals surface area contributed by atoms with Crippen molar-refractivity contribution < 1.29 is 18.7 Å². The summed E-state index contributed by atoms with van der Waals surface area (Å²) >= 11 is 2.06. The predicted molar refractivity (Wildman–Crippen MR) is 107 cm³/mol. The smallest absolute Gasteiger partial charge is 0.348 e. The quantitative estimate of drug-likeness (QED) is 0.444. The molecule has 0 aliphatic rings. The average Bonchev–Trinajstić information content (AvgIpc) is 3.32. The van der Waals surface area contributed by atoms with Gasteiger partial charge in [0.2, 0.25) is 5.91 Å². The van der Waals surface area contributed by atoms with Gasteiger partial charge in [-0.3, -0.25) is 9.78 Å². The van der Waals surface area contributed by atoms with Gasteiger partial charge >= 0.3 is 5.97 Å². The lowest BCUT2D eigenvalue weighted by molar-refractivity contribution is -0.113. The number of anilines is 1. The number of carbonyl (C=O) groups excluding carboxylic acids is 2. The van der Waals surface area contributed by atoms with Crippen LogP contribution in [0.4, 0.5) is 5.00 Å². The molecule has 0 unspecified atom stereocenters. The number of carbonyl (C=O) groups is 2. The molecule has 0 aliphatic heterocycles. The second-order valence-corrected chi connectivity index (χ2v) is 7.46. The molecule has 9 nitrogen and oxygen atoms in total. The van der Waals surface area contributed by atoms with Crippen molar-refractivity contribution in [3.8, 4) is 17.7 Å². The summed E-state index contributed by atoms with van der Waals surface area (Å²) < 4.78 is 10.5. The van der Waals surface area contributed by atoms with Gasteiger partial charge in [0.1, 0.15) is 21.6 Å². The molecule has 0 aliphatic carbocycles. The number of nitrogens with zero attached hydrogens (tertiary/aromatic N) is 4. The van der Waals surface area contributed by atoms with Crippen LogP contribution in [0.1, 0.15) is 27.7 Å². The maximum absolute atomic E-state index is 12.3. The van der Waals surface area contributed by atoms with Gasteiger partial charge < -0.3 is 14.5 Å². The lowest BCUT2D eigenvalue weighted by atomic mass is 10.2. The summed E-state index contributed by atoms with van der Waals surface area (Å²) in [5.74, 6) is -0.649. The number of pyridine rings is 1. The summed E-state index contributed by atoms with van der Waals surface area (Å²) in [7, 11) is 0. The normalized spacial score (nSPS) is 10.4. The zero-order valence-electron chi connectivity index (χ0n) is 15.5. The number of aromatic nitrogens is 3. The number of nitrogens with one attached hydrogen (secondary N) is 1. The van der Waals surface area contributed by atoms with E-state index in [4.69, 9.17) is 9.15 Å². The topological polar surface area (TPSA) is 131 Å². The number of ether oxygens (including phenoxy) is 1. The first-order valence-electron chi connectivity index (χ1n) is 8.41. The molecule has 3 rings (SSSR count). The molecule has 29 heavy (non-hydrogen) atoms. The second kappa shape index (κ2) is 9.31. The van der Waals surface area contributed by atoms with Crippen LogP contribution in [-0.2, 0) is 9.53 Å². The molecule has 0 radical (unpaired) electrons. The molecule has 0 saturated heterocycles. The van der Waals surface area contributed by atoms with Crippen LogP contribution < -0.4 is 5.32 Å². The Morgan fingerprint density at radius 3 is 2.90 bits per heavy atom. The van der Waals surface area contributed by atoms with Gasteiger partial charge in [-0.15, -0.1) is 21.5 Å². The van der Waals surface area contributed by atoms with Crippen LogP contribution in [-0.4, -0.2) is 39.4 Å². The van der Waals surface area contributed by atoms with E-state index in [1.54, 1.807) is 38.2 Å². The van der Waals surface area contributed by atoms with Crippen LogP contribution in [0, 0.1) is 18.3 Å². The summed E-state index contributed by atoms with van der Waals surface area (Å²) in [5.41, 5.74) is 1.26. The van der Waals surface area contributed by atoms with Gasteiger partial charge in [0.25, 0.3) is 11.1 Å². The molecule has 0 bridgehead atoms. The maximum Gasteiger partial charge on any atom is 0.348 e. The van der Waals surface area contributed by atoms with Crippen LogP contribution in [0.25, 0.3) is 11.6 Å². The molecular weight excluding hydrogens is 414 g/mol. The Balaban J connectivity index is 1.64. The summed E-state index contributed by atoms with van der Waals surface area (Å²) in [6.45, 7) is 3.56. The molecule has 3 aromatic heterocycles. The number of amides is 1. The third-order valence-electron chi connectivity index (χ3n) is 3.59. The van der Waals surface area contributed by atoms with Crippen molar-refractivity contribution in [1.29, 1.82) is 5.26 Å². The Morgan fingerprint density at radius 1 is 1.38 bits per heavy atom. The first kappa shape index (κ1) is 20.5. The monoisotopic (exact) mass is 429 g/mol. The van der Waals surface area contributed by atoms with E-state index in [1.807, 2.05) is 6.07 Å². The molecule has 11 heteroatoms. The molecule has 148 valence electrons. The van der Waals surface area contributed by atoms with E-state index in [2.05, 4.69) is 20.5 Å². The molecule has 0 spiro atoms. The molecule has 0 saturated carbocycles. The number of hydrogen-bond donors (Lipinski definition) is 1. The molecule has 3 heterocycles. The Hall–Kier alpha value is -3.23. The van der Waals surface area contributed by atoms with E-state index >= 15 is 0 Å². The second-order valence-electron chi connectivity index (χ2n) is 5.52. The Bertz CT molecular complexity index is 1070. The largest absolute Gasteiger partial charge is 0.462 e. The van der Waals surface area contributed by atoms with Gasteiger partial charge in [-0.25, -0.2) is 4.79 Å². The fourth-order valence-corrected chi connectivity index (χ4v) is 3.91. The van der Waals surface area contributed by atoms with Crippen molar-refractivity contribution in [2.24, 2.45) is 0 Å². The predicted octanol–water partition coefficient (Wildman–Crippen LogP) is 3.28. The number of esters is 1.